The summed E-state index contributed by atoms with van der Waals surface area (Å²) in [5.74, 6) is -3.06. The van der Waals surface area contributed by atoms with Crippen molar-refractivity contribution in [1.82, 2.24) is 4.90 Å². The minimum atomic E-state index is -1.25. The fraction of sp³-hybridized carbons (Fsp3) is 0.519. The molecule has 0 aliphatic carbocycles. The topological polar surface area (TPSA) is 96.4 Å². The molecule has 10 heteroatoms. The molecule has 3 heterocycles. The van der Waals surface area contributed by atoms with Gasteiger partial charge >= 0.3 is 5.97 Å². The van der Waals surface area contributed by atoms with Crippen molar-refractivity contribution in [3.8, 4) is 0 Å². The number of likely N-dealkylation sites (tertiary alicyclic amines) is 1. The zero-order valence-electron chi connectivity index (χ0n) is 20.8. The molecule has 4 rings (SSSR count). The van der Waals surface area contributed by atoms with Gasteiger partial charge < -0.3 is 24.4 Å². The lowest BCUT2D eigenvalue weighted by molar-refractivity contribution is -0.155. The number of alkyl halides is 1. The molecule has 37 heavy (non-hydrogen) atoms. The Morgan fingerprint density at radius 2 is 2.14 bits per heavy atom. The number of ether oxygens (including phenoxy) is 2. The van der Waals surface area contributed by atoms with Crippen molar-refractivity contribution in [2.45, 2.75) is 48.8 Å². The summed E-state index contributed by atoms with van der Waals surface area (Å²) in [6.07, 6.45) is 4.41. The third-order valence-corrected chi connectivity index (χ3v) is 8.62. The van der Waals surface area contributed by atoms with E-state index in [2.05, 4.69) is 29.1 Å². The molecule has 2 bridgehead atoms. The molecule has 3 aliphatic rings. The Morgan fingerprint density at radius 3 is 2.78 bits per heavy atom. The highest BCUT2D eigenvalue weighted by molar-refractivity contribution is 9.09. The van der Waals surface area contributed by atoms with Gasteiger partial charge in [-0.15, -0.1) is 13.2 Å². The Bertz CT molecular complexity index is 1080. The van der Waals surface area contributed by atoms with Gasteiger partial charge in [0.1, 0.15) is 11.6 Å². The van der Waals surface area contributed by atoms with Crippen molar-refractivity contribution in [1.29, 1.82) is 0 Å². The van der Waals surface area contributed by atoms with E-state index in [-0.39, 0.29) is 31.1 Å². The number of rotatable bonds is 11. The number of esters is 1. The summed E-state index contributed by atoms with van der Waals surface area (Å²) < 4.78 is 12.0. The molecule has 3 fully saturated rings. The number of nitrogens with zero attached hydrogens (tertiary/aromatic N) is 2. The summed E-state index contributed by atoms with van der Waals surface area (Å²) in [4.78, 5) is 44.0. The number of hydrogen-bond donors (Lipinski definition) is 1. The van der Waals surface area contributed by atoms with E-state index in [0.717, 1.165) is 5.56 Å². The van der Waals surface area contributed by atoms with Gasteiger partial charge in [-0.05, 0) is 37.8 Å². The van der Waals surface area contributed by atoms with Crippen LogP contribution < -0.4 is 4.90 Å². The number of aliphatic hydroxyl groups excluding tert-OH is 1. The number of carbonyl (C=O) groups is 3. The standard InChI is InChI=1S/C27H32BrClN2O6/c1-4-6-7-14-36-26(35)19-20-24(33)31(12-13-32)23(27(20)15-17(28)22(19)37-27)25(34)30(11-5-2)21-16(3)9-8-10-18(21)29/h4-5,8-10,17,19-20,22-23,32H,1-2,6-7,11-15H2,3H3/t17?,19-,20+,22-,23?,27?/m1/s1. The number of fused-ring (bicyclic) bond motifs is 1. The van der Waals surface area contributed by atoms with E-state index in [4.69, 9.17) is 21.1 Å². The van der Waals surface area contributed by atoms with Gasteiger partial charge in [-0.2, -0.15) is 0 Å². The van der Waals surface area contributed by atoms with Crippen molar-refractivity contribution in [3.63, 3.8) is 0 Å². The Morgan fingerprint density at radius 1 is 1.38 bits per heavy atom. The Balaban J connectivity index is 1.74. The van der Waals surface area contributed by atoms with Crippen LogP contribution in [0.2, 0.25) is 5.02 Å². The summed E-state index contributed by atoms with van der Waals surface area (Å²) >= 11 is 10.2. The lowest BCUT2D eigenvalue weighted by Crippen LogP contribution is -2.57. The average molecular weight is 596 g/mol. The van der Waals surface area contributed by atoms with Crippen LogP contribution in [0, 0.1) is 18.8 Å². The molecule has 6 atom stereocenters. The average Bonchev–Trinajstić information content (AvgIpc) is 3.44. The number of halogens is 2. The Labute approximate surface area is 230 Å². The molecule has 1 aromatic rings. The first-order valence-corrected chi connectivity index (χ1v) is 13.7. The number of allylic oxidation sites excluding steroid dienone is 1. The molecule has 1 spiro atoms. The van der Waals surface area contributed by atoms with Crippen LogP contribution in [-0.4, -0.2) is 76.7 Å². The molecule has 0 radical (unpaired) electrons. The summed E-state index contributed by atoms with van der Waals surface area (Å²) in [5, 5.41) is 10.2. The zero-order chi connectivity index (χ0) is 26.9. The molecule has 8 nitrogen and oxygen atoms in total. The minimum absolute atomic E-state index is 0.0704. The first kappa shape index (κ1) is 27.8. The van der Waals surface area contributed by atoms with Gasteiger partial charge in [0.25, 0.3) is 5.91 Å². The number of anilines is 1. The highest BCUT2D eigenvalue weighted by Crippen LogP contribution is 2.60. The number of para-hydroxylation sites is 1. The quantitative estimate of drug-likeness (QED) is 0.182. The molecule has 0 saturated carbocycles. The van der Waals surface area contributed by atoms with Crippen LogP contribution in [0.25, 0.3) is 0 Å². The fourth-order valence-electron chi connectivity index (χ4n) is 6.06. The monoisotopic (exact) mass is 594 g/mol. The van der Waals surface area contributed by atoms with E-state index in [1.807, 2.05) is 13.0 Å². The third kappa shape index (κ3) is 4.64. The number of benzene rings is 1. The predicted molar refractivity (Wildman–Crippen MR) is 144 cm³/mol. The maximum atomic E-state index is 14.3. The third-order valence-electron chi connectivity index (χ3n) is 7.47. The predicted octanol–water partition coefficient (Wildman–Crippen LogP) is 3.42. The lowest BCUT2D eigenvalue weighted by atomic mass is 9.70. The second kappa shape index (κ2) is 11.3. The Hall–Kier alpha value is -2.20. The zero-order valence-corrected chi connectivity index (χ0v) is 23.1. The number of amides is 2. The van der Waals surface area contributed by atoms with Crippen LogP contribution in [-0.2, 0) is 23.9 Å². The van der Waals surface area contributed by atoms with Crippen molar-refractivity contribution in [2.24, 2.45) is 11.8 Å². The minimum Gasteiger partial charge on any atom is -0.465 e. The number of β-amino-alcohol motifs (C(OH)–C–C–N with tert-alkyl or cyclic N) is 1. The normalized spacial score (nSPS) is 29.8. The van der Waals surface area contributed by atoms with Gasteiger partial charge in [0.2, 0.25) is 5.91 Å². The summed E-state index contributed by atoms with van der Waals surface area (Å²) in [6, 6.07) is 4.29. The van der Waals surface area contributed by atoms with E-state index in [9.17, 15) is 19.5 Å². The number of aliphatic hydroxyl groups is 1. The van der Waals surface area contributed by atoms with Crippen LogP contribution in [0.1, 0.15) is 24.8 Å². The number of carbonyl (C=O) groups excluding carboxylic acids is 3. The first-order valence-electron chi connectivity index (χ1n) is 12.4. The van der Waals surface area contributed by atoms with Gasteiger partial charge in [0, 0.05) is 17.9 Å². The van der Waals surface area contributed by atoms with E-state index < -0.39 is 47.4 Å². The van der Waals surface area contributed by atoms with Crippen molar-refractivity contribution >= 4 is 51.0 Å². The van der Waals surface area contributed by atoms with E-state index in [1.54, 1.807) is 24.3 Å². The van der Waals surface area contributed by atoms with Gasteiger partial charge in [-0.25, -0.2) is 0 Å². The van der Waals surface area contributed by atoms with Crippen LogP contribution >= 0.6 is 27.5 Å². The summed E-state index contributed by atoms with van der Waals surface area (Å²) in [5.41, 5.74) is 0.0545. The highest BCUT2D eigenvalue weighted by atomic mass is 79.9. The number of hydrogen-bond acceptors (Lipinski definition) is 6. The molecule has 3 unspecified atom stereocenters. The van der Waals surface area contributed by atoms with Crippen LogP contribution in [0.15, 0.2) is 43.5 Å². The van der Waals surface area contributed by atoms with Crippen LogP contribution in [0.5, 0.6) is 0 Å². The van der Waals surface area contributed by atoms with E-state index >= 15 is 0 Å². The van der Waals surface area contributed by atoms with Gasteiger partial charge in [-0.3, -0.25) is 14.4 Å². The largest absolute Gasteiger partial charge is 0.465 e. The van der Waals surface area contributed by atoms with Gasteiger partial charge in [0.05, 0.1) is 41.9 Å². The second-order valence-electron chi connectivity index (χ2n) is 9.66. The van der Waals surface area contributed by atoms with E-state index in [0.29, 0.717) is 30.0 Å². The molecule has 1 N–H and O–H groups in total. The van der Waals surface area contributed by atoms with Crippen molar-refractivity contribution in [2.75, 3.05) is 31.2 Å². The van der Waals surface area contributed by atoms with Crippen molar-refractivity contribution in [3.05, 3.63) is 54.1 Å². The maximum absolute atomic E-state index is 14.3. The lowest BCUT2D eigenvalue weighted by Gasteiger charge is -2.37. The van der Waals surface area contributed by atoms with E-state index in [1.165, 1.54) is 9.80 Å². The molecule has 200 valence electrons. The maximum Gasteiger partial charge on any atom is 0.312 e. The second-order valence-corrected chi connectivity index (χ2v) is 11.2. The smallest absolute Gasteiger partial charge is 0.312 e. The number of unbranched alkanes of at least 4 members (excludes halogenated alkanes) is 1. The fourth-order valence-corrected chi connectivity index (χ4v) is 7.32. The molecular weight excluding hydrogens is 564 g/mol. The van der Waals surface area contributed by atoms with Crippen LogP contribution in [0.4, 0.5) is 5.69 Å². The molecule has 3 aliphatic heterocycles. The SMILES string of the molecule is C=CCCCOC(=O)[C@H]1[C@@H]2OC3(CC2Br)C(C(=O)N(CC=C)c2c(C)cccc2Cl)N(CCO)C(=O)[C@H]13. The number of aryl methyl sites for hydroxylation is 1. The first-order chi connectivity index (χ1) is 17.7. The van der Waals surface area contributed by atoms with Gasteiger partial charge in [0.15, 0.2) is 0 Å². The summed E-state index contributed by atoms with van der Waals surface area (Å²) in [6.45, 7) is 9.26. The van der Waals surface area contributed by atoms with Crippen molar-refractivity contribution < 1.29 is 29.0 Å². The summed E-state index contributed by atoms with van der Waals surface area (Å²) in [7, 11) is 0. The Kier molecular flexibility index (Phi) is 8.48. The molecule has 2 amide bonds. The van der Waals surface area contributed by atoms with Crippen LogP contribution in [0.3, 0.4) is 0 Å². The highest BCUT2D eigenvalue weighted by Gasteiger charge is 2.77. The molecule has 1 aromatic carbocycles. The molecule has 3 saturated heterocycles. The molecule has 0 aromatic heterocycles. The van der Waals surface area contributed by atoms with Gasteiger partial charge in [-0.1, -0.05) is 51.8 Å². The molecular formula is C27H32BrClN2O6.